The molecule has 0 radical (unpaired) electrons. The molecule has 0 aromatic heterocycles. The number of methoxy groups -OCH3 is 1. The second-order valence-corrected chi connectivity index (χ2v) is 6.70. The van der Waals surface area contributed by atoms with Crippen molar-refractivity contribution in [2.75, 3.05) is 31.6 Å². The molecule has 0 spiro atoms. The summed E-state index contributed by atoms with van der Waals surface area (Å²) in [5, 5.41) is 0. The summed E-state index contributed by atoms with van der Waals surface area (Å²) in [6, 6.07) is 7.65. The molecule has 2 amide bonds. The quantitative estimate of drug-likeness (QED) is 0.613. The summed E-state index contributed by atoms with van der Waals surface area (Å²) in [5.41, 5.74) is 1.82. The number of likely N-dealkylation sites (tertiary alicyclic amines) is 1. The topological polar surface area (TPSA) is 66.9 Å². The van der Waals surface area contributed by atoms with Crippen LogP contribution in [0.3, 0.4) is 0 Å². The molecule has 2 aliphatic heterocycles. The summed E-state index contributed by atoms with van der Waals surface area (Å²) in [6.45, 7) is 1.91. The normalized spacial score (nSPS) is 18.6. The summed E-state index contributed by atoms with van der Waals surface area (Å²) in [4.78, 5) is 39.2. The number of rotatable bonds is 4. The van der Waals surface area contributed by atoms with Gasteiger partial charge in [0, 0.05) is 37.8 Å². The minimum absolute atomic E-state index is 0.0490. The van der Waals surface area contributed by atoms with Crippen molar-refractivity contribution in [1.82, 2.24) is 4.90 Å². The highest BCUT2D eigenvalue weighted by atomic mass is 16.5. The van der Waals surface area contributed by atoms with Gasteiger partial charge in [0.1, 0.15) is 0 Å². The summed E-state index contributed by atoms with van der Waals surface area (Å²) in [6.07, 6.45) is 6.15. The van der Waals surface area contributed by atoms with E-state index in [1.165, 1.54) is 7.11 Å². The Labute approximate surface area is 153 Å². The van der Waals surface area contributed by atoms with E-state index in [1.54, 1.807) is 22.0 Å². The van der Waals surface area contributed by atoms with E-state index in [4.69, 9.17) is 4.74 Å². The predicted octanol–water partition coefficient (Wildman–Crippen LogP) is 2.24. The van der Waals surface area contributed by atoms with Crippen molar-refractivity contribution in [3.8, 4) is 0 Å². The highest BCUT2D eigenvalue weighted by Crippen LogP contribution is 2.22. The van der Waals surface area contributed by atoms with Crippen molar-refractivity contribution in [1.29, 1.82) is 0 Å². The summed E-state index contributed by atoms with van der Waals surface area (Å²) in [7, 11) is 1.40. The van der Waals surface area contributed by atoms with E-state index >= 15 is 0 Å². The number of carbonyl (C=O) groups excluding carboxylic acids is 3. The van der Waals surface area contributed by atoms with E-state index in [0.717, 1.165) is 24.2 Å². The highest BCUT2D eigenvalue weighted by Gasteiger charge is 2.27. The van der Waals surface area contributed by atoms with Gasteiger partial charge in [-0.25, -0.2) is 0 Å². The lowest BCUT2D eigenvalue weighted by Gasteiger charge is -2.29. The zero-order valence-corrected chi connectivity index (χ0v) is 15.0. The Morgan fingerprint density at radius 2 is 1.81 bits per heavy atom. The van der Waals surface area contributed by atoms with Gasteiger partial charge in [-0.2, -0.15) is 0 Å². The van der Waals surface area contributed by atoms with Gasteiger partial charge in [-0.1, -0.05) is 12.1 Å². The second kappa shape index (κ2) is 8.17. The van der Waals surface area contributed by atoms with E-state index in [9.17, 15) is 14.4 Å². The van der Waals surface area contributed by atoms with Crippen LogP contribution in [0.4, 0.5) is 5.69 Å². The SMILES string of the molecule is COC(=O)C1CCN(C(=O)/C=C/c2ccc(N3CCCC3=O)cc2)CC1. The Morgan fingerprint density at radius 3 is 2.38 bits per heavy atom. The van der Waals surface area contributed by atoms with Crippen LogP contribution in [0, 0.1) is 5.92 Å². The third kappa shape index (κ3) is 4.12. The number of anilines is 1. The summed E-state index contributed by atoms with van der Waals surface area (Å²) in [5.74, 6) is -0.177. The average molecular weight is 356 g/mol. The predicted molar refractivity (Wildman–Crippen MR) is 98.4 cm³/mol. The van der Waals surface area contributed by atoms with E-state index in [1.807, 2.05) is 24.3 Å². The van der Waals surface area contributed by atoms with Crippen LogP contribution < -0.4 is 4.90 Å². The lowest BCUT2D eigenvalue weighted by molar-refractivity contribution is -0.148. The molecule has 6 nitrogen and oxygen atoms in total. The molecule has 0 N–H and O–H groups in total. The number of piperidine rings is 1. The molecule has 0 atom stereocenters. The van der Waals surface area contributed by atoms with Crippen molar-refractivity contribution in [3.63, 3.8) is 0 Å². The van der Waals surface area contributed by atoms with Crippen molar-refractivity contribution in [3.05, 3.63) is 35.9 Å². The molecular formula is C20H24N2O4. The first-order valence-electron chi connectivity index (χ1n) is 9.04. The van der Waals surface area contributed by atoms with Crippen LogP contribution in [0.1, 0.15) is 31.2 Å². The van der Waals surface area contributed by atoms with Gasteiger partial charge in [0.05, 0.1) is 13.0 Å². The van der Waals surface area contributed by atoms with Crippen molar-refractivity contribution in [2.24, 2.45) is 5.92 Å². The molecule has 0 aliphatic carbocycles. The molecule has 2 saturated heterocycles. The monoisotopic (exact) mass is 356 g/mol. The smallest absolute Gasteiger partial charge is 0.308 e. The van der Waals surface area contributed by atoms with Gasteiger partial charge in [0.15, 0.2) is 0 Å². The molecular weight excluding hydrogens is 332 g/mol. The number of carbonyl (C=O) groups is 3. The molecule has 26 heavy (non-hydrogen) atoms. The molecule has 0 unspecified atom stereocenters. The Bertz CT molecular complexity index is 703. The first-order valence-corrected chi connectivity index (χ1v) is 9.04. The molecule has 3 rings (SSSR count). The maximum Gasteiger partial charge on any atom is 0.308 e. The lowest BCUT2D eigenvalue weighted by Crippen LogP contribution is -2.39. The molecule has 2 aliphatic rings. The fourth-order valence-electron chi connectivity index (χ4n) is 3.46. The Kier molecular flexibility index (Phi) is 5.71. The number of esters is 1. The minimum atomic E-state index is -0.191. The molecule has 0 bridgehead atoms. The van der Waals surface area contributed by atoms with Crippen molar-refractivity contribution >= 4 is 29.5 Å². The molecule has 6 heteroatoms. The van der Waals surface area contributed by atoms with Gasteiger partial charge in [0.25, 0.3) is 0 Å². The Balaban J connectivity index is 1.54. The maximum atomic E-state index is 12.3. The molecule has 0 saturated carbocycles. The van der Waals surface area contributed by atoms with Gasteiger partial charge in [0.2, 0.25) is 11.8 Å². The highest BCUT2D eigenvalue weighted by molar-refractivity contribution is 5.95. The van der Waals surface area contributed by atoms with E-state index in [0.29, 0.717) is 32.4 Å². The van der Waals surface area contributed by atoms with Crippen molar-refractivity contribution < 1.29 is 19.1 Å². The first-order chi connectivity index (χ1) is 12.6. The zero-order valence-electron chi connectivity index (χ0n) is 15.0. The zero-order chi connectivity index (χ0) is 18.5. The molecule has 138 valence electrons. The average Bonchev–Trinajstić information content (AvgIpc) is 3.12. The van der Waals surface area contributed by atoms with Crippen LogP contribution in [0.15, 0.2) is 30.3 Å². The number of hydrogen-bond donors (Lipinski definition) is 0. The summed E-state index contributed by atoms with van der Waals surface area (Å²) >= 11 is 0. The van der Waals surface area contributed by atoms with Gasteiger partial charge in [-0.3, -0.25) is 14.4 Å². The Morgan fingerprint density at radius 1 is 1.12 bits per heavy atom. The minimum Gasteiger partial charge on any atom is -0.469 e. The van der Waals surface area contributed by atoms with Crippen LogP contribution >= 0.6 is 0 Å². The van der Waals surface area contributed by atoms with Crippen LogP contribution in [-0.2, 0) is 19.1 Å². The van der Waals surface area contributed by atoms with Gasteiger partial charge in [-0.15, -0.1) is 0 Å². The lowest BCUT2D eigenvalue weighted by atomic mass is 9.97. The molecule has 1 aromatic carbocycles. The maximum absolute atomic E-state index is 12.3. The number of nitrogens with zero attached hydrogens (tertiary/aromatic N) is 2. The molecule has 1 aromatic rings. The van der Waals surface area contributed by atoms with E-state index in [2.05, 4.69) is 0 Å². The number of amides is 2. The third-order valence-electron chi connectivity index (χ3n) is 5.04. The van der Waals surface area contributed by atoms with Crippen LogP contribution in [0.25, 0.3) is 6.08 Å². The number of benzene rings is 1. The van der Waals surface area contributed by atoms with Crippen LogP contribution in [0.2, 0.25) is 0 Å². The fraction of sp³-hybridized carbons (Fsp3) is 0.450. The fourth-order valence-corrected chi connectivity index (χ4v) is 3.46. The number of ether oxygens (including phenoxy) is 1. The number of hydrogen-bond acceptors (Lipinski definition) is 4. The van der Waals surface area contributed by atoms with E-state index in [-0.39, 0.29) is 23.7 Å². The standard InChI is InChI=1S/C20H24N2O4/c1-26-20(25)16-10-13-21(14-11-16)18(23)9-6-15-4-7-17(8-5-15)22-12-2-3-19(22)24/h4-9,16H,2-3,10-14H2,1H3/b9-6+. The summed E-state index contributed by atoms with van der Waals surface area (Å²) < 4.78 is 4.76. The van der Waals surface area contributed by atoms with E-state index < -0.39 is 0 Å². The Hall–Kier alpha value is -2.63. The van der Waals surface area contributed by atoms with Crippen LogP contribution in [0.5, 0.6) is 0 Å². The molecule has 2 fully saturated rings. The van der Waals surface area contributed by atoms with Gasteiger partial charge in [-0.05, 0) is 43.0 Å². The molecule has 2 heterocycles. The van der Waals surface area contributed by atoms with Gasteiger partial charge < -0.3 is 14.5 Å². The third-order valence-corrected chi connectivity index (χ3v) is 5.04. The largest absolute Gasteiger partial charge is 0.469 e. The van der Waals surface area contributed by atoms with Crippen LogP contribution in [-0.4, -0.2) is 49.4 Å². The van der Waals surface area contributed by atoms with Gasteiger partial charge >= 0.3 is 5.97 Å². The second-order valence-electron chi connectivity index (χ2n) is 6.70. The van der Waals surface area contributed by atoms with Crippen molar-refractivity contribution in [2.45, 2.75) is 25.7 Å². The first kappa shape index (κ1) is 18.2.